The van der Waals surface area contributed by atoms with Gasteiger partial charge in [0.2, 0.25) is 0 Å². The van der Waals surface area contributed by atoms with Gasteiger partial charge in [-0.2, -0.15) is 79.0 Å². The second-order valence-corrected chi connectivity index (χ2v) is 22.2. The van der Waals surface area contributed by atoms with E-state index < -0.39 is 155 Å². The Balaban J connectivity index is 0.000000421. The molecule has 2 fully saturated rings. The fraction of sp³-hybridized carbons (Fsp3) is 0.345. The maximum absolute atomic E-state index is 15.8. The Morgan fingerprint density at radius 3 is 1.28 bits per heavy atom. The van der Waals surface area contributed by atoms with Crippen LogP contribution < -0.4 is 20.9 Å². The fourth-order valence-corrected chi connectivity index (χ4v) is 9.39. The minimum Gasteiger partial charge on any atom is -0.382 e. The van der Waals surface area contributed by atoms with Crippen LogP contribution in [0.3, 0.4) is 0 Å². The van der Waals surface area contributed by atoms with Crippen molar-refractivity contribution in [2.75, 3.05) is 33.9 Å². The molecule has 4 aromatic carbocycles. The predicted molar refractivity (Wildman–Crippen MR) is 304 cm³/mol. The number of aryl methyl sites for hydroxylation is 2. The molecule has 1 radical (unpaired) electrons. The largest absolute Gasteiger partial charge is 0.435 e. The SMILES string of the molecule is C.C.Cc1ccc(C(=O)Cl)cn1.Cc1ccc(C(=O)N(CC2CC2)c2cccc(C(=O)Nc3c(Br)cc(C(F)(C(F)(F)F)C(F)(F)F)cc3C(F)(F)F)c2F)cn1.O=C(Nc1c(Br)cc(C(F)(C(F)(F)F)C(F)(F)F)cc1C(F)(F)F)c1cccc(NCC2CC2)c1F.[V]. The van der Waals surface area contributed by atoms with Gasteiger partial charge in [0.25, 0.3) is 23.0 Å². The monoisotopic (exact) mass is 1550 g/mol. The Morgan fingerprint density at radius 2 is 0.926 bits per heavy atom. The van der Waals surface area contributed by atoms with Crippen molar-refractivity contribution in [1.29, 1.82) is 0 Å². The third-order valence-electron chi connectivity index (χ3n) is 13.3. The minimum absolute atomic E-state index is 0. The number of aromatic nitrogens is 2. The van der Waals surface area contributed by atoms with Crippen molar-refractivity contribution in [3.05, 3.63) is 174 Å². The number of halogens is 25. The number of alkyl halides is 20. The summed E-state index contributed by atoms with van der Waals surface area (Å²) >= 11 is 9.94. The van der Waals surface area contributed by atoms with E-state index in [0.717, 1.165) is 47.7 Å². The number of carbonyl (C=O) groups excluding carboxylic acids is 4. The van der Waals surface area contributed by atoms with Crippen LogP contribution in [-0.2, 0) is 42.2 Å². The Morgan fingerprint density at radius 1 is 0.543 bits per heavy atom. The molecule has 8 rings (SSSR count). The molecule has 2 aliphatic rings. The molecule has 6 aromatic rings. The van der Waals surface area contributed by atoms with Crippen LogP contribution in [0.2, 0.25) is 0 Å². The number of nitrogens with one attached hydrogen (secondary N) is 3. The van der Waals surface area contributed by atoms with Gasteiger partial charge in [-0.15, -0.1) is 0 Å². The van der Waals surface area contributed by atoms with Crippen molar-refractivity contribution in [3.8, 4) is 0 Å². The molecule has 0 atom stereocenters. The van der Waals surface area contributed by atoms with Gasteiger partial charge in [0.1, 0.15) is 0 Å². The smallest absolute Gasteiger partial charge is 0.382 e. The molecule has 10 nitrogen and oxygen atoms in total. The quantitative estimate of drug-likeness (QED) is 0.0730. The average Bonchev–Trinajstić information content (AvgIpc) is 0.843. The number of hydrogen-bond acceptors (Lipinski definition) is 7. The molecule has 513 valence electrons. The van der Waals surface area contributed by atoms with Gasteiger partial charge in [-0.3, -0.25) is 29.1 Å². The van der Waals surface area contributed by atoms with Gasteiger partial charge in [0.05, 0.1) is 56.1 Å². The van der Waals surface area contributed by atoms with E-state index >= 15 is 4.39 Å². The zero-order valence-electron chi connectivity index (χ0n) is 46.0. The van der Waals surface area contributed by atoms with Crippen LogP contribution >= 0.6 is 43.5 Å². The van der Waals surface area contributed by atoms with Crippen LogP contribution in [0.1, 0.15) is 116 Å². The first-order valence-electron chi connectivity index (χ1n) is 25.5. The van der Waals surface area contributed by atoms with Crippen LogP contribution in [0.25, 0.3) is 0 Å². The number of pyridine rings is 2. The Kier molecular flexibility index (Phi) is 26.6. The van der Waals surface area contributed by atoms with E-state index in [2.05, 4.69) is 47.1 Å². The molecular formula is C58H47Br2ClF22N6O4V. The van der Waals surface area contributed by atoms with Crippen LogP contribution in [0.15, 0.2) is 106 Å². The molecule has 2 aromatic heterocycles. The van der Waals surface area contributed by atoms with Gasteiger partial charge >= 0.3 is 48.4 Å². The molecule has 3 amide bonds. The second-order valence-electron chi connectivity index (χ2n) is 20.1. The zero-order valence-corrected chi connectivity index (χ0v) is 51.3. The van der Waals surface area contributed by atoms with Crippen LogP contribution in [0.5, 0.6) is 0 Å². The number of rotatable bonds is 14. The molecule has 0 bridgehead atoms. The molecule has 0 unspecified atom stereocenters. The summed E-state index contributed by atoms with van der Waals surface area (Å²) in [5.74, 6) is -6.02. The third kappa shape index (κ3) is 18.7. The Hall–Kier alpha value is -6.65. The summed E-state index contributed by atoms with van der Waals surface area (Å²) in [6.07, 6.45) is -32.2. The standard InChI is InChI=1S/C28H19BrF11N3O2.C21H14BrF11N2O.C7H6ClNO.2CH4.V/c1-13-5-8-15(11-41-13)24(45)43(12-14-6-7-14)20-4-2-3-17(21(20)30)23(44)42-22-18(26(32,33)34)9-16(10-19(22)29)25(31,27(35,36)37)28(38,39)40;22-13-7-10(18(24,20(28,29)30)21(31,32)33)6-12(19(25,26)27)16(13)35-17(36)11-2-1-3-14(15(11)23)34-8-9-4-5-9;1-5-2-3-6(4-9-5)7(8)10;;;/h2-5,8-11,14H,6-7,12H2,1H3,(H,42,44);1-3,6-7,9,34H,4-5,8H2,(H,35,36);2-4H,1H3;2*1H4;. The van der Waals surface area contributed by atoms with Gasteiger partial charge in [-0.05, 0) is 168 Å². The number of hydrogen-bond donors (Lipinski definition) is 3. The van der Waals surface area contributed by atoms with E-state index in [0.29, 0.717) is 36.6 Å². The molecule has 94 heavy (non-hydrogen) atoms. The molecule has 3 N–H and O–H groups in total. The molecule has 36 heteroatoms. The van der Waals surface area contributed by atoms with E-state index in [4.69, 9.17) is 11.6 Å². The number of carbonyl (C=O) groups is 4. The van der Waals surface area contributed by atoms with Gasteiger partial charge < -0.3 is 20.9 Å². The van der Waals surface area contributed by atoms with E-state index in [1.54, 1.807) is 29.7 Å². The molecule has 0 spiro atoms. The van der Waals surface area contributed by atoms with Crippen molar-refractivity contribution in [1.82, 2.24) is 9.97 Å². The van der Waals surface area contributed by atoms with Gasteiger partial charge in [0.15, 0.2) is 11.6 Å². The Bertz CT molecular complexity index is 3670. The first-order valence-corrected chi connectivity index (χ1v) is 27.5. The van der Waals surface area contributed by atoms with Gasteiger partial charge in [-0.1, -0.05) is 27.0 Å². The summed E-state index contributed by atoms with van der Waals surface area (Å²) < 4.78 is 298. The van der Waals surface area contributed by atoms with Crippen molar-refractivity contribution < 1.29 is 134 Å². The topological polar surface area (TPSA) is 133 Å². The zero-order chi connectivity index (χ0) is 68.5. The molecule has 2 saturated carbocycles. The summed E-state index contributed by atoms with van der Waals surface area (Å²) in [6.45, 7) is 3.90. The van der Waals surface area contributed by atoms with Gasteiger partial charge in [0, 0.05) is 75.5 Å². The second kappa shape index (κ2) is 30.6. The van der Waals surface area contributed by atoms with Crippen LogP contribution in [0, 0.1) is 37.3 Å². The Labute approximate surface area is 553 Å². The maximum atomic E-state index is 15.8. The maximum Gasteiger partial charge on any atom is 0.435 e. The van der Waals surface area contributed by atoms with Gasteiger partial charge in [-0.25, -0.2) is 17.6 Å². The van der Waals surface area contributed by atoms with Crippen molar-refractivity contribution >= 4 is 89.2 Å². The summed E-state index contributed by atoms with van der Waals surface area (Å²) in [6, 6.07) is 11.0. The van der Waals surface area contributed by atoms with Crippen LogP contribution in [0.4, 0.5) is 119 Å². The molecule has 0 aliphatic heterocycles. The summed E-state index contributed by atoms with van der Waals surface area (Å²) in [4.78, 5) is 58.4. The summed E-state index contributed by atoms with van der Waals surface area (Å²) in [5, 5.41) is 5.55. The number of anilines is 4. The van der Waals surface area contributed by atoms with Crippen LogP contribution in [-0.4, -0.2) is 70.7 Å². The first kappa shape index (κ1) is 81.6. The molecular weight excluding hydrogens is 1510 g/mol. The van der Waals surface area contributed by atoms with Crippen molar-refractivity contribution in [2.45, 2.75) is 103 Å². The fourth-order valence-electron chi connectivity index (χ4n) is 8.16. The number of amides is 3. The summed E-state index contributed by atoms with van der Waals surface area (Å²) in [5.41, 5.74) is -24.8. The van der Waals surface area contributed by atoms with E-state index in [9.17, 15) is 111 Å². The third-order valence-corrected chi connectivity index (χ3v) is 14.8. The molecule has 0 saturated heterocycles. The number of nitrogens with zero attached hydrogens (tertiary/aromatic N) is 3. The van der Waals surface area contributed by atoms with Crippen molar-refractivity contribution in [2.24, 2.45) is 11.8 Å². The number of benzene rings is 4. The normalized spacial score (nSPS) is 13.6. The average molecular weight is 1560 g/mol. The first-order chi connectivity index (χ1) is 41.7. The predicted octanol–water partition coefficient (Wildman–Crippen LogP) is 19.9. The van der Waals surface area contributed by atoms with E-state index in [1.807, 2.05) is 6.92 Å². The van der Waals surface area contributed by atoms with E-state index in [-0.39, 0.29) is 69.3 Å². The van der Waals surface area contributed by atoms with E-state index in [1.165, 1.54) is 36.7 Å². The van der Waals surface area contributed by atoms with Crippen molar-refractivity contribution in [3.63, 3.8) is 0 Å². The molecule has 2 aliphatic carbocycles. The summed E-state index contributed by atoms with van der Waals surface area (Å²) in [7, 11) is 0. The molecule has 2 heterocycles. The minimum atomic E-state index is -6.72.